The second-order valence-corrected chi connectivity index (χ2v) is 4.72. The van der Waals surface area contributed by atoms with Crippen molar-refractivity contribution in [3.63, 3.8) is 0 Å². The van der Waals surface area contributed by atoms with Gasteiger partial charge in [0.25, 0.3) is 0 Å². The summed E-state index contributed by atoms with van der Waals surface area (Å²) in [5.41, 5.74) is 0.751. The van der Waals surface area contributed by atoms with Gasteiger partial charge in [0.15, 0.2) is 5.11 Å². The van der Waals surface area contributed by atoms with Gasteiger partial charge >= 0.3 is 0 Å². The average molecular weight is 306 g/mol. The van der Waals surface area contributed by atoms with Crippen molar-refractivity contribution in [3.05, 3.63) is 28.2 Å². The zero-order chi connectivity index (χ0) is 13.5. The molecular formula is C11H13Cl2N3OS. The number of carbonyl (C=O) groups excluding carboxylic acids is 1. The predicted octanol–water partition coefficient (Wildman–Crippen LogP) is 2.42. The summed E-state index contributed by atoms with van der Waals surface area (Å²) in [6, 6.07) is 5.15. The van der Waals surface area contributed by atoms with Crippen LogP contribution in [0.5, 0.6) is 0 Å². The number of amides is 1. The van der Waals surface area contributed by atoms with Crippen molar-refractivity contribution < 1.29 is 4.79 Å². The molecule has 0 atom stereocenters. The molecule has 7 heteroatoms. The molecule has 0 aromatic heterocycles. The minimum atomic E-state index is -0.0693. The number of anilines is 1. The number of hydrogen-bond acceptors (Lipinski definition) is 2. The fourth-order valence-electron chi connectivity index (χ4n) is 1.16. The molecule has 3 N–H and O–H groups in total. The lowest BCUT2D eigenvalue weighted by atomic mass is 10.3. The van der Waals surface area contributed by atoms with Crippen molar-refractivity contribution in [1.29, 1.82) is 0 Å². The second-order valence-electron chi connectivity index (χ2n) is 3.49. The first-order valence-corrected chi connectivity index (χ1v) is 6.40. The Morgan fingerprint density at radius 1 is 1.22 bits per heavy atom. The Labute approximate surface area is 121 Å². The van der Waals surface area contributed by atoms with E-state index in [2.05, 4.69) is 16.0 Å². The minimum Gasteiger partial charge on any atom is -0.361 e. The van der Waals surface area contributed by atoms with Gasteiger partial charge in [-0.2, -0.15) is 0 Å². The molecule has 4 nitrogen and oxygen atoms in total. The molecule has 1 aromatic carbocycles. The van der Waals surface area contributed by atoms with Crippen LogP contribution in [0, 0.1) is 0 Å². The summed E-state index contributed by atoms with van der Waals surface area (Å²) < 4.78 is 0. The summed E-state index contributed by atoms with van der Waals surface area (Å²) in [5.74, 6) is -0.0693. The van der Waals surface area contributed by atoms with Crippen LogP contribution in [0.4, 0.5) is 5.69 Å². The predicted molar refractivity (Wildman–Crippen MR) is 79.4 cm³/mol. The van der Waals surface area contributed by atoms with Gasteiger partial charge in [0.1, 0.15) is 0 Å². The molecule has 1 rings (SSSR count). The van der Waals surface area contributed by atoms with Crippen molar-refractivity contribution in [2.45, 2.75) is 6.92 Å². The van der Waals surface area contributed by atoms with Crippen LogP contribution in [-0.4, -0.2) is 24.1 Å². The molecule has 1 aromatic rings. The fourth-order valence-corrected chi connectivity index (χ4v) is 1.68. The van der Waals surface area contributed by atoms with Crippen LogP contribution < -0.4 is 16.0 Å². The first kappa shape index (κ1) is 15.0. The van der Waals surface area contributed by atoms with Crippen LogP contribution >= 0.6 is 35.4 Å². The Morgan fingerprint density at radius 3 is 2.50 bits per heavy atom. The molecule has 0 fully saturated rings. The zero-order valence-electron chi connectivity index (χ0n) is 9.72. The van der Waals surface area contributed by atoms with E-state index in [1.807, 2.05) is 0 Å². The average Bonchev–Trinajstić information content (AvgIpc) is 2.29. The van der Waals surface area contributed by atoms with Gasteiger partial charge in [-0.25, -0.2) is 0 Å². The van der Waals surface area contributed by atoms with Gasteiger partial charge in [-0.3, -0.25) is 4.79 Å². The molecule has 0 saturated heterocycles. The Balaban J connectivity index is 2.35. The van der Waals surface area contributed by atoms with E-state index in [9.17, 15) is 4.79 Å². The molecule has 0 bridgehead atoms. The van der Waals surface area contributed by atoms with E-state index in [-0.39, 0.29) is 5.91 Å². The van der Waals surface area contributed by atoms with Gasteiger partial charge in [0.05, 0.1) is 10.0 Å². The summed E-state index contributed by atoms with van der Waals surface area (Å²) in [6.07, 6.45) is 0. The third kappa shape index (κ3) is 5.53. The van der Waals surface area contributed by atoms with E-state index in [1.54, 1.807) is 18.2 Å². The summed E-state index contributed by atoms with van der Waals surface area (Å²) in [4.78, 5) is 10.6. The van der Waals surface area contributed by atoms with Gasteiger partial charge in [-0.1, -0.05) is 23.2 Å². The van der Waals surface area contributed by atoms with Crippen molar-refractivity contribution in [2.75, 3.05) is 18.4 Å². The van der Waals surface area contributed by atoms with Crippen LogP contribution in [0.1, 0.15) is 6.92 Å². The second kappa shape index (κ2) is 7.41. The highest BCUT2D eigenvalue weighted by Crippen LogP contribution is 2.24. The van der Waals surface area contributed by atoms with Gasteiger partial charge in [0.2, 0.25) is 5.91 Å². The molecule has 98 valence electrons. The Morgan fingerprint density at radius 2 is 1.89 bits per heavy atom. The molecule has 0 saturated carbocycles. The van der Waals surface area contributed by atoms with E-state index >= 15 is 0 Å². The highest BCUT2D eigenvalue weighted by molar-refractivity contribution is 7.80. The Kier molecular flexibility index (Phi) is 6.18. The number of halogens is 2. The third-order valence-corrected chi connectivity index (χ3v) is 2.95. The molecule has 0 radical (unpaired) electrons. The number of hydrogen-bond donors (Lipinski definition) is 3. The van der Waals surface area contributed by atoms with Gasteiger partial charge in [0, 0.05) is 25.7 Å². The monoisotopic (exact) mass is 305 g/mol. The maximum Gasteiger partial charge on any atom is 0.216 e. The standard InChI is InChI=1S/C11H13Cl2N3OS/c1-7(17)14-4-5-15-11(18)16-8-2-3-9(12)10(13)6-8/h2-3,6H,4-5H2,1H3,(H,14,17)(H2,15,16,18). The zero-order valence-corrected chi connectivity index (χ0v) is 12.0. The highest BCUT2D eigenvalue weighted by atomic mass is 35.5. The van der Waals surface area contributed by atoms with Crippen LogP contribution in [-0.2, 0) is 4.79 Å². The van der Waals surface area contributed by atoms with Crippen molar-refractivity contribution in [1.82, 2.24) is 10.6 Å². The van der Waals surface area contributed by atoms with E-state index < -0.39 is 0 Å². The number of rotatable bonds is 4. The van der Waals surface area contributed by atoms with Gasteiger partial charge < -0.3 is 16.0 Å². The molecule has 0 heterocycles. The van der Waals surface area contributed by atoms with Gasteiger partial charge in [-0.05, 0) is 30.4 Å². The lowest BCUT2D eigenvalue weighted by Crippen LogP contribution is -2.35. The molecule has 1 amide bonds. The number of nitrogens with one attached hydrogen (secondary N) is 3. The highest BCUT2D eigenvalue weighted by Gasteiger charge is 2.01. The Bertz CT molecular complexity index is 454. The topological polar surface area (TPSA) is 53.2 Å². The summed E-state index contributed by atoms with van der Waals surface area (Å²) in [5, 5.41) is 9.98. The molecule has 0 aliphatic carbocycles. The SMILES string of the molecule is CC(=O)NCCNC(=S)Nc1ccc(Cl)c(Cl)c1. The van der Waals surface area contributed by atoms with Crippen LogP contribution in [0.15, 0.2) is 18.2 Å². The summed E-state index contributed by atoms with van der Waals surface area (Å²) in [7, 11) is 0. The molecular weight excluding hydrogens is 293 g/mol. The Hall–Kier alpha value is -1.04. The van der Waals surface area contributed by atoms with Crippen LogP contribution in [0.3, 0.4) is 0 Å². The smallest absolute Gasteiger partial charge is 0.216 e. The lowest BCUT2D eigenvalue weighted by Gasteiger charge is -2.11. The largest absolute Gasteiger partial charge is 0.361 e. The van der Waals surface area contributed by atoms with Crippen LogP contribution in [0.2, 0.25) is 10.0 Å². The maximum absolute atomic E-state index is 10.6. The third-order valence-electron chi connectivity index (χ3n) is 1.96. The molecule has 0 aliphatic rings. The van der Waals surface area contributed by atoms with E-state index in [0.29, 0.717) is 28.2 Å². The van der Waals surface area contributed by atoms with Crippen molar-refractivity contribution >= 4 is 52.1 Å². The molecule has 0 unspecified atom stereocenters. The van der Waals surface area contributed by atoms with Crippen molar-refractivity contribution in [3.8, 4) is 0 Å². The first-order chi connectivity index (χ1) is 8.49. The quantitative estimate of drug-likeness (QED) is 0.591. The lowest BCUT2D eigenvalue weighted by molar-refractivity contribution is -0.118. The number of thiocarbonyl (C=S) groups is 1. The van der Waals surface area contributed by atoms with E-state index in [0.717, 1.165) is 5.69 Å². The van der Waals surface area contributed by atoms with Crippen LogP contribution in [0.25, 0.3) is 0 Å². The minimum absolute atomic E-state index is 0.0693. The summed E-state index contributed by atoms with van der Waals surface area (Å²) >= 11 is 16.8. The molecule has 0 aliphatic heterocycles. The van der Waals surface area contributed by atoms with E-state index in [4.69, 9.17) is 35.4 Å². The summed E-state index contributed by atoms with van der Waals surface area (Å²) in [6.45, 7) is 2.53. The van der Waals surface area contributed by atoms with Crippen molar-refractivity contribution in [2.24, 2.45) is 0 Å². The first-order valence-electron chi connectivity index (χ1n) is 5.23. The fraction of sp³-hybridized carbons (Fsp3) is 0.273. The molecule has 18 heavy (non-hydrogen) atoms. The maximum atomic E-state index is 10.6. The number of carbonyl (C=O) groups is 1. The number of benzene rings is 1. The normalized spacial score (nSPS) is 9.72. The molecule has 0 spiro atoms. The van der Waals surface area contributed by atoms with E-state index in [1.165, 1.54) is 6.92 Å². The van der Waals surface area contributed by atoms with Gasteiger partial charge in [-0.15, -0.1) is 0 Å².